The molecule has 7 heteroatoms. The number of aromatic nitrogens is 4. The molecule has 3 heterocycles. The first-order valence-corrected chi connectivity index (χ1v) is 7.88. The van der Waals surface area contributed by atoms with Gasteiger partial charge in [0.1, 0.15) is 0 Å². The molecule has 0 spiro atoms. The fraction of sp³-hybridized carbons (Fsp3) is 0.235. The molecule has 0 bridgehead atoms. The van der Waals surface area contributed by atoms with Crippen molar-refractivity contribution in [1.29, 1.82) is 0 Å². The zero-order valence-corrected chi connectivity index (χ0v) is 13.1. The number of nitrogens with two attached hydrogens (primary N) is 1. The molecule has 1 aromatic carbocycles. The van der Waals surface area contributed by atoms with Crippen LogP contribution in [0, 0.1) is 0 Å². The Kier molecular flexibility index (Phi) is 3.53. The largest absolute Gasteiger partial charge is 0.399 e. The van der Waals surface area contributed by atoms with Gasteiger partial charge < -0.3 is 20.6 Å². The highest BCUT2D eigenvalue weighted by Crippen LogP contribution is 2.24. The molecule has 3 aromatic rings. The third kappa shape index (κ3) is 2.88. The van der Waals surface area contributed by atoms with E-state index in [1.165, 1.54) is 11.1 Å². The minimum Gasteiger partial charge on any atom is -0.399 e. The van der Waals surface area contributed by atoms with Crippen molar-refractivity contribution in [2.24, 2.45) is 0 Å². The number of nitrogens with one attached hydrogen (secondary N) is 2. The van der Waals surface area contributed by atoms with Crippen LogP contribution in [0.1, 0.15) is 22.5 Å². The monoisotopic (exact) mass is 322 g/mol. The molecule has 122 valence electrons. The summed E-state index contributed by atoms with van der Waals surface area (Å²) in [6, 6.07) is 7.94. The van der Waals surface area contributed by atoms with E-state index in [0.717, 1.165) is 36.6 Å². The lowest BCUT2D eigenvalue weighted by atomic mass is 9.99. The number of H-pyrrole nitrogens is 2. The summed E-state index contributed by atoms with van der Waals surface area (Å²) in [6.07, 6.45) is 4.95. The number of rotatable bonds is 3. The fourth-order valence-corrected chi connectivity index (χ4v) is 3.04. The van der Waals surface area contributed by atoms with Gasteiger partial charge in [0.2, 0.25) is 5.95 Å². The van der Waals surface area contributed by atoms with Crippen molar-refractivity contribution in [3.05, 3.63) is 69.7 Å². The zero-order chi connectivity index (χ0) is 16.5. The van der Waals surface area contributed by atoms with Crippen molar-refractivity contribution < 1.29 is 0 Å². The predicted molar refractivity (Wildman–Crippen MR) is 91.9 cm³/mol. The van der Waals surface area contributed by atoms with E-state index in [-0.39, 0.29) is 5.69 Å². The molecule has 4 rings (SSSR count). The van der Waals surface area contributed by atoms with Crippen LogP contribution >= 0.6 is 0 Å². The van der Waals surface area contributed by atoms with E-state index >= 15 is 0 Å². The lowest BCUT2D eigenvalue weighted by Crippen LogP contribution is -2.32. The molecule has 1 aliphatic heterocycles. The van der Waals surface area contributed by atoms with E-state index < -0.39 is 0 Å². The van der Waals surface area contributed by atoms with Gasteiger partial charge in [-0.25, -0.2) is 14.8 Å². The van der Waals surface area contributed by atoms with Crippen LogP contribution < -0.4 is 16.3 Å². The SMILES string of the molecule is Nc1ccc2c(c1)CN(c1nccc(Cc3c[nH]c(=O)[nH]3)n1)CC2. The molecular weight excluding hydrogens is 304 g/mol. The van der Waals surface area contributed by atoms with E-state index in [4.69, 9.17) is 5.73 Å². The number of hydrogen-bond donors (Lipinski definition) is 3. The summed E-state index contributed by atoms with van der Waals surface area (Å²) in [5.74, 6) is 0.707. The topological polar surface area (TPSA) is 104 Å². The Morgan fingerprint density at radius 3 is 3.00 bits per heavy atom. The van der Waals surface area contributed by atoms with Crippen LogP contribution in [0.4, 0.5) is 11.6 Å². The molecule has 4 N–H and O–H groups in total. The normalized spacial score (nSPS) is 13.8. The molecule has 0 saturated heterocycles. The first-order chi connectivity index (χ1) is 11.7. The molecule has 24 heavy (non-hydrogen) atoms. The van der Waals surface area contributed by atoms with E-state index in [9.17, 15) is 4.79 Å². The molecule has 0 atom stereocenters. The average molecular weight is 322 g/mol. The van der Waals surface area contributed by atoms with Gasteiger partial charge in [-0.15, -0.1) is 0 Å². The second kappa shape index (κ2) is 5.84. The van der Waals surface area contributed by atoms with E-state index in [2.05, 4.69) is 30.9 Å². The van der Waals surface area contributed by atoms with Crippen LogP contribution in [-0.4, -0.2) is 26.5 Å². The summed E-state index contributed by atoms with van der Waals surface area (Å²) in [5, 5.41) is 0. The number of benzene rings is 1. The van der Waals surface area contributed by atoms with Crippen molar-refractivity contribution in [3.63, 3.8) is 0 Å². The second-order valence-corrected chi connectivity index (χ2v) is 5.99. The van der Waals surface area contributed by atoms with Gasteiger partial charge in [0.15, 0.2) is 0 Å². The number of fused-ring (bicyclic) bond motifs is 1. The van der Waals surface area contributed by atoms with Crippen LogP contribution in [0.25, 0.3) is 0 Å². The highest BCUT2D eigenvalue weighted by Gasteiger charge is 2.19. The van der Waals surface area contributed by atoms with Gasteiger partial charge >= 0.3 is 5.69 Å². The maximum Gasteiger partial charge on any atom is 0.323 e. The lowest BCUT2D eigenvalue weighted by molar-refractivity contribution is 0.704. The molecule has 2 aromatic heterocycles. The van der Waals surface area contributed by atoms with Crippen LogP contribution in [-0.2, 0) is 19.4 Å². The fourth-order valence-electron chi connectivity index (χ4n) is 3.04. The Labute approximate surface area is 138 Å². The molecule has 0 aliphatic carbocycles. The van der Waals surface area contributed by atoms with Gasteiger partial charge in [0.05, 0.1) is 5.69 Å². The Morgan fingerprint density at radius 1 is 1.25 bits per heavy atom. The number of anilines is 2. The Hall–Kier alpha value is -3.09. The third-order valence-corrected chi connectivity index (χ3v) is 4.25. The van der Waals surface area contributed by atoms with Gasteiger partial charge in [-0.2, -0.15) is 0 Å². The zero-order valence-electron chi connectivity index (χ0n) is 13.1. The van der Waals surface area contributed by atoms with Crippen LogP contribution in [0.2, 0.25) is 0 Å². The summed E-state index contributed by atoms with van der Waals surface area (Å²) in [6.45, 7) is 1.63. The number of aromatic amines is 2. The molecule has 0 fully saturated rings. The maximum atomic E-state index is 11.2. The third-order valence-electron chi connectivity index (χ3n) is 4.25. The minimum atomic E-state index is -0.204. The second-order valence-electron chi connectivity index (χ2n) is 5.99. The molecule has 1 aliphatic rings. The van der Waals surface area contributed by atoms with Crippen molar-refractivity contribution in [1.82, 2.24) is 19.9 Å². The molecule has 0 radical (unpaired) electrons. The highest BCUT2D eigenvalue weighted by atomic mass is 16.1. The van der Waals surface area contributed by atoms with Crippen molar-refractivity contribution in [2.75, 3.05) is 17.2 Å². The number of imidazole rings is 1. The van der Waals surface area contributed by atoms with Gasteiger partial charge in [-0.1, -0.05) is 6.07 Å². The van der Waals surface area contributed by atoms with Crippen molar-refractivity contribution in [2.45, 2.75) is 19.4 Å². The smallest absolute Gasteiger partial charge is 0.323 e. The van der Waals surface area contributed by atoms with Crippen LogP contribution in [0.5, 0.6) is 0 Å². The van der Waals surface area contributed by atoms with Crippen molar-refractivity contribution in [3.8, 4) is 0 Å². The molecule has 0 saturated carbocycles. The van der Waals surface area contributed by atoms with Gasteiger partial charge in [0.25, 0.3) is 0 Å². The minimum absolute atomic E-state index is 0.204. The van der Waals surface area contributed by atoms with Crippen LogP contribution in [0.3, 0.4) is 0 Å². The van der Waals surface area contributed by atoms with Gasteiger partial charge in [-0.3, -0.25) is 0 Å². The first-order valence-electron chi connectivity index (χ1n) is 7.88. The summed E-state index contributed by atoms with van der Waals surface area (Å²) in [5.41, 5.74) is 10.7. The first kappa shape index (κ1) is 14.5. The van der Waals surface area contributed by atoms with Crippen LogP contribution in [0.15, 0.2) is 41.5 Å². The van der Waals surface area contributed by atoms with E-state index in [1.54, 1.807) is 12.4 Å². The number of hydrogen-bond acceptors (Lipinski definition) is 5. The molecule has 0 unspecified atom stereocenters. The van der Waals surface area contributed by atoms with Gasteiger partial charge in [0, 0.05) is 43.3 Å². The lowest BCUT2D eigenvalue weighted by Gasteiger charge is -2.29. The average Bonchev–Trinajstić information content (AvgIpc) is 2.99. The summed E-state index contributed by atoms with van der Waals surface area (Å²) >= 11 is 0. The Morgan fingerprint density at radius 2 is 2.17 bits per heavy atom. The summed E-state index contributed by atoms with van der Waals surface area (Å²) < 4.78 is 0. The predicted octanol–water partition coefficient (Wildman–Crippen LogP) is 1.23. The summed E-state index contributed by atoms with van der Waals surface area (Å²) in [7, 11) is 0. The number of nitrogens with zero attached hydrogens (tertiary/aromatic N) is 3. The summed E-state index contributed by atoms with van der Waals surface area (Å²) in [4.78, 5) is 27.7. The van der Waals surface area contributed by atoms with E-state index in [0.29, 0.717) is 12.4 Å². The molecule has 0 amide bonds. The standard InChI is InChI=1S/C17H18N6O/c18-13-2-1-11-4-6-23(10-12(11)7-13)16-19-5-3-14(21-16)8-15-9-20-17(24)22-15/h1-3,5,7,9H,4,6,8,10,18H2,(H2,20,22,24). The highest BCUT2D eigenvalue weighted by molar-refractivity contribution is 5.48. The quantitative estimate of drug-likeness (QED) is 0.629. The maximum absolute atomic E-state index is 11.2. The molecular formula is C17H18N6O. The van der Waals surface area contributed by atoms with Crippen molar-refractivity contribution >= 4 is 11.6 Å². The Bertz CT molecular complexity index is 929. The van der Waals surface area contributed by atoms with Gasteiger partial charge in [-0.05, 0) is 35.7 Å². The number of nitrogen functional groups attached to an aromatic ring is 1. The van der Waals surface area contributed by atoms with E-state index in [1.807, 2.05) is 18.2 Å². The Balaban J connectivity index is 1.56. The molecule has 7 nitrogen and oxygen atoms in total.